The van der Waals surface area contributed by atoms with E-state index in [1.807, 2.05) is 35.2 Å². The summed E-state index contributed by atoms with van der Waals surface area (Å²) >= 11 is 6.14. The molecule has 1 unspecified atom stereocenters. The molecule has 3 rings (SSSR count). The Morgan fingerprint density at radius 2 is 1.90 bits per heavy atom. The summed E-state index contributed by atoms with van der Waals surface area (Å²) < 4.78 is 10.8. The maximum atomic E-state index is 12.6. The summed E-state index contributed by atoms with van der Waals surface area (Å²) in [4.78, 5) is 26.0. The molecule has 0 radical (unpaired) electrons. The number of hydrogen-bond donors (Lipinski definition) is 2. The maximum absolute atomic E-state index is 12.6. The zero-order chi connectivity index (χ0) is 21.7. The van der Waals surface area contributed by atoms with E-state index in [0.717, 1.165) is 16.7 Å². The number of carboxylic acid groups (broad SMARTS) is 1. The minimum absolute atomic E-state index is 0.0934. The van der Waals surface area contributed by atoms with E-state index >= 15 is 0 Å². The van der Waals surface area contributed by atoms with Gasteiger partial charge >= 0.3 is 5.97 Å². The first-order valence-corrected chi connectivity index (χ1v) is 10.0. The van der Waals surface area contributed by atoms with Crippen molar-refractivity contribution in [2.45, 2.75) is 25.4 Å². The van der Waals surface area contributed by atoms with Crippen molar-refractivity contribution in [2.24, 2.45) is 0 Å². The summed E-state index contributed by atoms with van der Waals surface area (Å²) in [5.41, 5.74) is 2.68. The lowest BCUT2D eigenvalue weighted by Crippen LogP contribution is -2.43. The van der Waals surface area contributed by atoms with Crippen LogP contribution in [0, 0.1) is 0 Å². The number of nitrogens with one attached hydrogen (secondary N) is 1. The topological polar surface area (TPSA) is 88.1 Å². The third-order valence-electron chi connectivity index (χ3n) is 5.26. The quantitative estimate of drug-likeness (QED) is 0.666. The molecular weight excluding hydrogens is 408 g/mol. The van der Waals surface area contributed by atoms with Gasteiger partial charge in [0.15, 0.2) is 11.5 Å². The Bertz CT molecular complexity index is 934. The molecule has 1 heterocycles. The van der Waals surface area contributed by atoms with Crippen LogP contribution in [0.5, 0.6) is 11.5 Å². The first kappa shape index (κ1) is 21.9. The predicted molar refractivity (Wildman–Crippen MR) is 113 cm³/mol. The van der Waals surface area contributed by atoms with E-state index in [1.54, 1.807) is 20.3 Å². The number of ether oxygens (including phenoxy) is 2. The normalized spacial score (nSPS) is 15.9. The zero-order valence-corrected chi connectivity index (χ0v) is 17.7. The molecule has 0 bridgehead atoms. The number of carboxylic acids is 1. The van der Waals surface area contributed by atoms with Gasteiger partial charge in [-0.2, -0.15) is 0 Å². The Kier molecular flexibility index (Phi) is 7.18. The van der Waals surface area contributed by atoms with Gasteiger partial charge in [-0.05, 0) is 41.3 Å². The third kappa shape index (κ3) is 5.04. The molecule has 1 amide bonds. The lowest BCUT2D eigenvalue weighted by atomic mass is 9.90. The Hall–Kier alpha value is -2.77. The Morgan fingerprint density at radius 1 is 1.20 bits per heavy atom. The molecule has 1 aliphatic heterocycles. The van der Waals surface area contributed by atoms with Gasteiger partial charge in [0.1, 0.15) is 0 Å². The van der Waals surface area contributed by atoms with Gasteiger partial charge in [0.05, 0.1) is 27.2 Å². The molecule has 2 aromatic rings. The maximum Gasteiger partial charge on any atom is 0.305 e. The summed E-state index contributed by atoms with van der Waals surface area (Å²) in [6.45, 7) is 0.980. The van der Waals surface area contributed by atoms with Crippen molar-refractivity contribution in [1.82, 2.24) is 10.2 Å². The first-order chi connectivity index (χ1) is 14.4. The predicted octanol–water partition coefficient (Wildman–Crippen LogP) is 3.05. The molecule has 8 heteroatoms. The minimum Gasteiger partial charge on any atom is -0.493 e. The van der Waals surface area contributed by atoms with Gasteiger partial charge in [-0.25, -0.2) is 0 Å². The number of aliphatic carboxylic acids is 1. The van der Waals surface area contributed by atoms with E-state index < -0.39 is 12.0 Å². The van der Waals surface area contributed by atoms with Crippen LogP contribution in [0.3, 0.4) is 0 Å². The lowest BCUT2D eigenvalue weighted by Gasteiger charge is -2.36. The van der Waals surface area contributed by atoms with Crippen LogP contribution >= 0.6 is 11.6 Å². The van der Waals surface area contributed by atoms with E-state index in [9.17, 15) is 14.7 Å². The van der Waals surface area contributed by atoms with Crippen LogP contribution in [-0.2, 0) is 22.6 Å². The van der Waals surface area contributed by atoms with Crippen LogP contribution in [0.1, 0.15) is 29.2 Å². The highest BCUT2D eigenvalue weighted by molar-refractivity contribution is 6.31. The highest BCUT2D eigenvalue weighted by Crippen LogP contribution is 2.39. The number of carbonyl (C=O) groups excluding carboxylic acids is 1. The number of carbonyl (C=O) groups is 2. The fourth-order valence-electron chi connectivity index (χ4n) is 3.75. The average molecular weight is 433 g/mol. The van der Waals surface area contributed by atoms with Gasteiger partial charge in [0.2, 0.25) is 5.91 Å². The smallest absolute Gasteiger partial charge is 0.305 e. The fraction of sp³-hybridized carbons (Fsp3) is 0.364. The fourth-order valence-corrected chi connectivity index (χ4v) is 3.95. The summed E-state index contributed by atoms with van der Waals surface area (Å²) in [5, 5.41) is 12.9. The van der Waals surface area contributed by atoms with Crippen molar-refractivity contribution < 1.29 is 24.2 Å². The Balaban J connectivity index is 1.76. The SMILES string of the molecule is COc1cc2c(cc1OC)C(CC(=O)O)N(CC(=O)NCc1ccccc1Cl)CC2. The summed E-state index contributed by atoms with van der Waals surface area (Å²) in [6.07, 6.45) is 0.573. The van der Waals surface area contributed by atoms with Crippen molar-refractivity contribution in [1.29, 1.82) is 0 Å². The van der Waals surface area contributed by atoms with Gasteiger partial charge in [0.25, 0.3) is 0 Å². The molecule has 7 nitrogen and oxygen atoms in total. The van der Waals surface area contributed by atoms with E-state index in [-0.39, 0.29) is 18.9 Å². The molecule has 160 valence electrons. The number of methoxy groups -OCH3 is 2. The van der Waals surface area contributed by atoms with Crippen LogP contribution in [0.25, 0.3) is 0 Å². The largest absolute Gasteiger partial charge is 0.493 e. The second-order valence-electron chi connectivity index (χ2n) is 7.11. The lowest BCUT2D eigenvalue weighted by molar-refractivity contribution is -0.139. The van der Waals surface area contributed by atoms with E-state index in [2.05, 4.69) is 5.32 Å². The molecule has 0 aliphatic carbocycles. The van der Waals surface area contributed by atoms with Gasteiger partial charge in [-0.15, -0.1) is 0 Å². The number of hydrogen-bond acceptors (Lipinski definition) is 5. The Labute approximate surface area is 180 Å². The molecule has 0 aromatic heterocycles. The van der Waals surface area contributed by atoms with Crippen molar-refractivity contribution in [2.75, 3.05) is 27.3 Å². The number of fused-ring (bicyclic) bond motifs is 1. The molecule has 1 aliphatic rings. The van der Waals surface area contributed by atoms with Crippen LogP contribution in [-0.4, -0.2) is 49.2 Å². The molecule has 2 aromatic carbocycles. The van der Waals surface area contributed by atoms with E-state index in [4.69, 9.17) is 21.1 Å². The number of nitrogens with zero attached hydrogens (tertiary/aromatic N) is 1. The molecule has 1 atom stereocenters. The van der Waals surface area contributed by atoms with E-state index in [1.165, 1.54) is 0 Å². The van der Waals surface area contributed by atoms with Crippen molar-refractivity contribution in [3.63, 3.8) is 0 Å². The van der Waals surface area contributed by atoms with Gasteiger partial charge < -0.3 is 19.9 Å². The van der Waals surface area contributed by atoms with Gasteiger partial charge in [-0.1, -0.05) is 29.8 Å². The summed E-state index contributed by atoms with van der Waals surface area (Å²) in [5.74, 6) is 0.0336. The zero-order valence-electron chi connectivity index (χ0n) is 17.0. The molecule has 0 saturated carbocycles. The first-order valence-electron chi connectivity index (χ1n) is 9.63. The molecule has 30 heavy (non-hydrogen) atoms. The number of benzene rings is 2. The van der Waals surface area contributed by atoms with Crippen LogP contribution in [0.15, 0.2) is 36.4 Å². The molecule has 0 saturated heterocycles. The molecule has 0 fully saturated rings. The number of halogens is 1. The monoisotopic (exact) mass is 432 g/mol. The third-order valence-corrected chi connectivity index (χ3v) is 5.63. The van der Waals surface area contributed by atoms with Crippen molar-refractivity contribution in [3.05, 3.63) is 58.1 Å². The van der Waals surface area contributed by atoms with Crippen molar-refractivity contribution in [3.8, 4) is 11.5 Å². The van der Waals surface area contributed by atoms with Gasteiger partial charge in [0, 0.05) is 24.2 Å². The van der Waals surface area contributed by atoms with Crippen LogP contribution < -0.4 is 14.8 Å². The Morgan fingerprint density at radius 3 is 2.57 bits per heavy atom. The highest BCUT2D eigenvalue weighted by atomic mass is 35.5. The van der Waals surface area contributed by atoms with Gasteiger partial charge in [-0.3, -0.25) is 14.5 Å². The number of rotatable bonds is 8. The molecule has 2 N–H and O–H groups in total. The standard InChI is InChI=1S/C22H25ClN2O5/c1-29-19-9-14-7-8-25(18(11-22(27)28)16(14)10-20(19)30-2)13-21(26)24-12-15-5-3-4-6-17(15)23/h3-6,9-10,18H,7-8,11-13H2,1-2H3,(H,24,26)(H,27,28). The average Bonchev–Trinajstić information content (AvgIpc) is 2.73. The second-order valence-corrected chi connectivity index (χ2v) is 7.52. The van der Waals surface area contributed by atoms with Crippen molar-refractivity contribution >= 4 is 23.5 Å². The second kappa shape index (κ2) is 9.82. The molecular formula is C22H25ClN2O5. The molecule has 0 spiro atoms. The summed E-state index contributed by atoms with van der Waals surface area (Å²) in [7, 11) is 3.11. The minimum atomic E-state index is -0.927. The van der Waals surface area contributed by atoms with Crippen LogP contribution in [0.4, 0.5) is 0 Å². The number of amides is 1. The highest BCUT2D eigenvalue weighted by Gasteiger charge is 2.31. The van der Waals surface area contributed by atoms with E-state index in [0.29, 0.717) is 36.0 Å². The summed E-state index contributed by atoms with van der Waals surface area (Å²) in [6, 6.07) is 10.6. The van der Waals surface area contributed by atoms with Crippen LogP contribution in [0.2, 0.25) is 5.02 Å².